The molecule has 0 saturated carbocycles. The summed E-state index contributed by atoms with van der Waals surface area (Å²) in [7, 11) is 3.55. The predicted molar refractivity (Wildman–Crippen MR) is 88.4 cm³/mol. The van der Waals surface area contributed by atoms with Crippen molar-refractivity contribution in [1.82, 2.24) is 10.2 Å². The molecule has 1 saturated heterocycles. The van der Waals surface area contributed by atoms with Crippen molar-refractivity contribution in [3.63, 3.8) is 0 Å². The molecule has 0 radical (unpaired) electrons. The minimum absolute atomic E-state index is 0.0425. The molecule has 0 bridgehead atoms. The maximum Gasteiger partial charge on any atom is 0.291 e. The SMILES string of the molecule is COc1cc(C#N)c([N+](=O)[O-])cc1OCCCC1CNCCN1C. The molecule has 1 aliphatic rings. The molecular formula is C16H22N4O4. The lowest BCUT2D eigenvalue weighted by Gasteiger charge is -2.33. The van der Waals surface area contributed by atoms with Crippen LogP contribution in [-0.2, 0) is 0 Å². The van der Waals surface area contributed by atoms with Gasteiger partial charge in [-0.1, -0.05) is 0 Å². The van der Waals surface area contributed by atoms with Crippen LogP contribution in [0, 0.1) is 21.4 Å². The monoisotopic (exact) mass is 334 g/mol. The summed E-state index contributed by atoms with van der Waals surface area (Å²) in [4.78, 5) is 12.8. The van der Waals surface area contributed by atoms with Crippen molar-refractivity contribution in [2.75, 3.05) is 40.4 Å². The number of likely N-dealkylation sites (N-methyl/N-ethyl adjacent to an activating group) is 1. The van der Waals surface area contributed by atoms with Crippen LogP contribution in [0.15, 0.2) is 12.1 Å². The molecule has 130 valence electrons. The maximum absolute atomic E-state index is 11.1. The number of nitriles is 1. The average molecular weight is 334 g/mol. The van der Waals surface area contributed by atoms with E-state index in [1.807, 2.05) is 0 Å². The third kappa shape index (κ3) is 4.34. The number of nitro benzene ring substituents is 1. The van der Waals surface area contributed by atoms with E-state index in [-0.39, 0.29) is 11.3 Å². The molecule has 1 N–H and O–H groups in total. The van der Waals surface area contributed by atoms with Crippen LogP contribution in [0.1, 0.15) is 18.4 Å². The second kappa shape index (κ2) is 8.47. The fraction of sp³-hybridized carbons (Fsp3) is 0.562. The highest BCUT2D eigenvalue weighted by Gasteiger charge is 2.20. The third-order valence-corrected chi connectivity index (χ3v) is 4.18. The summed E-state index contributed by atoms with van der Waals surface area (Å²) in [5, 5.41) is 23.4. The van der Waals surface area contributed by atoms with Gasteiger partial charge in [-0.2, -0.15) is 5.26 Å². The molecule has 0 amide bonds. The van der Waals surface area contributed by atoms with Crippen LogP contribution in [0.3, 0.4) is 0 Å². The van der Waals surface area contributed by atoms with E-state index in [1.54, 1.807) is 6.07 Å². The van der Waals surface area contributed by atoms with Crippen LogP contribution in [0.5, 0.6) is 11.5 Å². The predicted octanol–water partition coefficient (Wildman–Crippen LogP) is 1.54. The number of nitrogens with one attached hydrogen (secondary N) is 1. The Labute approximate surface area is 141 Å². The Balaban J connectivity index is 1.97. The van der Waals surface area contributed by atoms with Crippen LogP contribution < -0.4 is 14.8 Å². The standard InChI is InChI=1S/C16H22N4O4/c1-19-6-5-18-11-13(19)4-3-7-24-16-9-14(20(21)22)12(10-17)8-15(16)23-2/h8-9,13,18H,3-7,11H2,1-2H3. The molecule has 2 rings (SSSR count). The van der Waals surface area contributed by atoms with Gasteiger partial charge in [-0.05, 0) is 19.9 Å². The van der Waals surface area contributed by atoms with E-state index in [4.69, 9.17) is 14.7 Å². The van der Waals surface area contributed by atoms with Gasteiger partial charge in [-0.3, -0.25) is 10.1 Å². The van der Waals surface area contributed by atoms with E-state index in [2.05, 4.69) is 17.3 Å². The Morgan fingerprint density at radius 2 is 2.29 bits per heavy atom. The van der Waals surface area contributed by atoms with E-state index in [1.165, 1.54) is 19.2 Å². The number of piperazine rings is 1. The van der Waals surface area contributed by atoms with Crippen molar-refractivity contribution < 1.29 is 14.4 Å². The first-order valence-electron chi connectivity index (χ1n) is 7.87. The van der Waals surface area contributed by atoms with Crippen LogP contribution in [0.4, 0.5) is 5.69 Å². The highest BCUT2D eigenvalue weighted by Crippen LogP contribution is 2.34. The molecule has 1 heterocycles. The smallest absolute Gasteiger partial charge is 0.291 e. The molecule has 1 aromatic rings. The van der Waals surface area contributed by atoms with E-state index < -0.39 is 4.92 Å². The number of hydrogen-bond acceptors (Lipinski definition) is 7. The molecule has 0 spiro atoms. The number of methoxy groups -OCH3 is 1. The van der Waals surface area contributed by atoms with Gasteiger partial charge < -0.3 is 19.7 Å². The lowest BCUT2D eigenvalue weighted by molar-refractivity contribution is -0.385. The first kappa shape index (κ1) is 18.0. The zero-order valence-corrected chi connectivity index (χ0v) is 13.9. The van der Waals surface area contributed by atoms with Gasteiger partial charge in [0.05, 0.1) is 24.7 Å². The summed E-state index contributed by atoms with van der Waals surface area (Å²) in [5.74, 6) is 0.618. The minimum Gasteiger partial charge on any atom is -0.493 e. The molecule has 8 heteroatoms. The summed E-state index contributed by atoms with van der Waals surface area (Å²) in [6.45, 7) is 3.43. The molecular weight excluding hydrogens is 312 g/mol. The van der Waals surface area contributed by atoms with Gasteiger partial charge in [0.2, 0.25) is 0 Å². The molecule has 1 aliphatic heterocycles. The average Bonchev–Trinajstić information content (AvgIpc) is 2.59. The molecule has 8 nitrogen and oxygen atoms in total. The first-order valence-corrected chi connectivity index (χ1v) is 7.87. The van der Waals surface area contributed by atoms with Gasteiger partial charge in [0.25, 0.3) is 5.69 Å². The largest absolute Gasteiger partial charge is 0.493 e. The number of nitrogens with zero attached hydrogens (tertiary/aromatic N) is 3. The van der Waals surface area contributed by atoms with Gasteiger partial charge in [-0.15, -0.1) is 0 Å². The fourth-order valence-electron chi connectivity index (χ4n) is 2.75. The highest BCUT2D eigenvalue weighted by atomic mass is 16.6. The number of benzene rings is 1. The second-order valence-electron chi connectivity index (χ2n) is 5.72. The summed E-state index contributed by atoms with van der Waals surface area (Å²) in [6.07, 6.45) is 1.80. The van der Waals surface area contributed by atoms with Gasteiger partial charge >= 0.3 is 0 Å². The van der Waals surface area contributed by atoms with Crippen LogP contribution in [0.2, 0.25) is 0 Å². The second-order valence-corrected chi connectivity index (χ2v) is 5.72. The molecule has 24 heavy (non-hydrogen) atoms. The van der Waals surface area contributed by atoms with E-state index in [9.17, 15) is 10.1 Å². The van der Waals surface area contributed by atoms with E-state index in [0.29, 0.717) is 24.1 Å². The van der Waals surface area contributed by atoms with E-state index >= 15 is 0 Å². The van der Waals surface area contributed by atoms with Crippen molar-refractivity contribution in [3.05, 3.63) is 27.8 Å². The Bertz CT molecular complexity index is 629. The lowest BCUT2D eigenvalue weighted by atomic mass is 10.1. The van der Waals surface area contributed by atoms with Crippen molar-refractivity contribution in [3.8, 4) is 17.6 Å². The van der Waals surface area contributed by atoms with Crippen molar-refractivity contribution in [2.45, 2.75) is 18.9 Å². The molecule has 1 fully saturated rings. The zero-order chi connectivity index (χ0) is 17.5. The highest BCUT2D eigenvalue weighted by molar-refractivity contribution is 5.58. The van der Waals surface area contributed by atoms with Crippen molar-refractivity contribution >= 4 is 5.69 Å². The first-order chi connectivity index (χ1) is 11.6. The Hall–Kier alpha value is -2.37. The molecule has 1 atom stereocenters. The van der Waals surface area contributed by atoms with E-state index in [0.717, 1.165) is 32.5 Å². The van der Waals surface area contributed by atoms with Crippen molar-refractivity contribution in [2.24, 2.45) is 0 Å². The Morgan fingerprint density at radius 3 is 2.92 bits per heavy atom. The van der Waals surface area contributed by atoms with Gasteiger partial charge in [0, 0.05) is 31.7 Å². The maximum atomic E-state index is 11.1. The third-order valence-electron chi connectivity index (χ3n) is 4.18. The molecule has 1 aromatic carbocycles. The van der Waals surface area contributed by atoms with Crippen molar-refractivity contribution in [1.29, 1.82) is 5.26 Å². The summed E-state index contributed by atoms with van der Waals surface area (Å²) < 4.78 is 10.8. The Kier molecular flexibility index (Phi) is 6.35. The van der Waals surface area contributed by atoms with Gasteiger partial charge in [-0.25, -0.2) is 0 Å². The van der Waals surface area contributed by atoms with Crippen LogP contribution >= 0.6 is 0 Å². The van der Waals surface area contributed by atoms with Gasteiger partial charge in [0.1, 0.15) is 11.6 Å². The quantitative estimate of drug-likeness (QED) is 0.458. The lowest BCUT2D eigenvalue weighted by Crippen LogP contribution is -2.49. The fourth-order valence-corrected chi connectivity index (χ4v) is 2.75. The summed E-state index contributed by atoms with van der Waals surface area (Å²) >= 11 is 0. The number of nitro groups is 1. The number of ether oxygens (including phenoxy) is 2. The Morgan fingerprint density at radius 1 is 1.50 bits per heavy atom. The summed E-state index contributed by atoms with van der Waals surface area (Å²) in [5.41, 5.74) is -0.316. The van der Waals surface area contributed by atoms with Crippen LogP contribution in [-0.4, -0.2) is 56.3 Å². The topological polar surface area (TPSA) is 101 Å². The summed E-state index contributed by atoms with van der Waals surface area (Å²) in [6, 6.07) is 4.87. The zero-order valence-electron chi connectivity index (χ0n) is 13.9. The number of hydrogen-bond donors (Lipinski definition) is 1. The molecule has 0 aliphatic carbocycles. The normalized spacial score (nSPS) is 18.0. The van der Waals surface area contributed by atoms with Crippen LogP contribution in [0.25, 0.3) is 0 Å². The van der Waals surface area contributed by atoms with Gasteiger partial charge in [0.15, 0.2) is 11.5 Å². The number of rotatable bonds is 7. The minimum atomic E-state index is -0.590. The molecule has 1 unspecified atom stereocenters. The molecule has 0 aromatic heterocycles.